The number of hydrogen-bond acceptors (Lipinski definition) is 6. The van der Waals surface area contributed by atoms with Crippen LogP contribution in [0.15, 0.2) is 42.6 Å². The lowest BCUT2D eigenvalue weighted by molar-refractivity contribution is -0.384. The quantitative estimate of drug-likeness (QED) is 0.643. The zero-order valence-electron chi connectivity index (χ0n) is 14.7. The second-order valence-corrected chi connectivity index (χ2v) is 6.43. The molecule has 1 aromatic heterocycles. The van der Waals surface area contributed by atoms with E-state index in [9.17, 15) is 20.2 Å². The number of non-ortho nitro benzene ring substituents is 1. The van der Waals surface area contributed by atoms with Crippen molar-refractivity contribution in [3.63, 3.8) is 0 Å². The monoisotopic (exact) mass is 365 g/mol. The summed E-state index contributed by atoms with van der Waals surface area (Å²) in [5.74, 6) is 0.828. The summed E-state index contributed by atoms with van der Waals surface area (Å²) >= 11 is 0. The number of benzene rings is 1. The van der Waals surface area contributed by atoms with Gasteiger partial charge in [0.05, 0.1) is 10.5 Å². The van der Waals surface area contributed by atoms with Crippen LogP contribution in [0.4, 0.5) is 11.5 Å². The fraction of sp³-hybridized carbons (Fsp3) is 0.316. The number of nitro groups is 1. The van der Waals surface area contributed by atoms with E-state index in [0.29, 0.717) is 29.4 Å². The molecule has 0 atom stereocenters. The van der Waals surface area contributed by atoms with Gasteiger partial charge in [-0.25, -0.2) is 4.98 Å². The summed E-state index contributed by atoms with van der Waals surface area (Å²) in [6.07, 6.45) is 3.47. The van der Waals surface area contributed by atoms with Crippen LogP contribution in [0.25, 0.3) is 0 Å². The number of amides is 1. The average molecular weight is 365 g/mol. The summed E-state index contributed by atoms with van der Waals surface area (Å²) in [5.41, 5.74) is 0.942. The first kappa shape index (κ1) is 18.3. The van der Waals surface area contributed by atoms with Gasteiger partial charge in [-0.15, -0.1) is 0 Å². The molecule has 27 heavy (non-hydrogen) atoms. The predicted molar refractivity (Wildman–Crippen MR) is 99.3 cm³/mol. The molecule has 3 rings (SSSR count). The third kappa shape index (κ3) is 4.39. The number of rotatable bonds is 5. The second kappa shape index (κ2) is 8.27. The van der Waals surface area contributed by atoms with Crippen LogP contribution >= 0.6 is 0 Å². The van der Waals surface area contributed by atoms with Crippen LogP contribution in [0.5, 0.6) is 0 Å². The van der Waals surface area contributed by atoms with E-state index in [1.165, 1.54) is 24.3 Å². The molecule has 8 heteroatoms. The van der Waals surface area contributed by atoms with E-state index >= 15 is 0 Å². The first-order valence-electron chi connectivity index (χ1n) is 8.71. The summed E-state index contributed by atoms with van der Waals surface area (Å²) in [6.45, 7) is 2.12. The Balaban J connectivity index is 1.50. The van der Waals surface area contributed by atoms with Crippen LogP contribution in [-0.2, 0) is 0 Å². The molecule has 2 heterocycles. The van der Waals surface area contributed by atoms with Gasteiger partial charge in [0.15, 0.2) is 0 Å². The number of carbonyl (C=O) groups is 1. The van der Waals surface area contributed by atoms with Gasteiger partial charge in [-0.2, -0.15) is 5.26 Å². The smallest absolute Gasteiger partial charge is 0.269 e. The number of anilines is 1. The highest BCUT2D eigenvalue weighted by molar-refractivity contribution is 5.94. The Hall–Kier alpha value is -3.47. The van der Waals surface area contributed by atoms with Crippen molar-refractivity contribution < 1.29 is 9.72 Å². The maximum atomic E-state index is 12.2. The molecule has 0 spiro atoms. The molecule has 1 saturated heterocycles. The van der Waals surface area contributed by atoms with Crippen molar-refractivity contribution in [3.8, 4) is 6.07 Å². The number of piperidine rings is 1. The molecule has 1 aliphatic rings. The third-order valence-corrected chi connectivity index (χ3v) is 4.71. The van der Waals surface area contributed by atoms with Gasteiger partial charge in [-0.1, -0.05) is 0 Å². The second-order valence-electron chi connectivity index (χ2n) is 6.43. The summed E-state index contributed by atoms with van der Waals surface area (Å²) in [7, 11) is 0. The lowest BCUT2D eigenvalue weighted by Crippen LogP contribution is -2.39. The maximum absolute atomic E-state index is 12.2. The van der Waals surface area contributed by atoms with Crippen molar-refractivity contribution in [2.75, 3.05) is 24.5 Å². The Morgan fingerprint density at radius 2 is 2.00 bits per heavy atom. The fourth-order valence-electron chi connectivity index (χ4n) is 3.16. The van der Waals surface area contributed by atoms with Gasteiger partial charge >= 0.3 is 0 Å². The standard InChI is InChI=1S/C19H19N5O3/c20-12-16-2-1-9-21-18(16)23-10-7-14(8-11-23)13-22-19(25)15-3-5-17(6-4-15)24(26)27/h1-6,9,14H,7-8,10-11,13H2,(H,22,25). The van der Waals surface area contributed by atoms with Crippen LogP contribution in [0.2, 0.25) is 0 Å². The number of aromatic nitrogens is 1. The predicted octanol–water partition coefficient (Wildman–Crippen LogP) is 2.51. The number of nitriles is 1. The lowest BCUT2D eigenvalue weighted by atomic mass is 9.96. The Labute approximate surface area is 156 Å². The molecule has 0 radical (unpaired) electrons. The highest BCUT2D eigenvalue weighted by Gasteiger charge is 2.22. The highest BCUT2D eigenvalue weighted by Crippen LogP contribution is 2.24. The number of pyridine rings is 1. The molecule has 8 nitrogen and oxygen atoms in total. The van der Waals surface area contributed by atoms with Crippen molar-refractivity contribution in [1.29, 1.82) is 5.26 Å². The van der Waals surface area contributed by atoms with Gasteiger partial charge in [-0.3, -0.25) is 14.9 Å². The average Bonchev–Trinajstić information content (AvgIpc) is 2.72. The van der Waals surface area contributed by atoms with Crippen molar-refractivity contribution in [2.24, 2.45) is 5.92 Å². The molecule has 1 N–H and O–H groups in total. The third-order valence-electron chi connectivity index (χ3n) is 4.71. The molecule has 0 unspecified atom stereocenters. The molecular weight excluding hydrogens is 346 g/mol. The largest absolute Gasteiger partial charge is 0.356 e. The molecule has 0 bridgehead atoms. The number of nitrogens with zero attached hydrogens (tertiary/aromatic N) is 4. The fourth-order valence-corrected chi connectivity index (χ4v) is 3.16. The van der Waals surface area contributed by atoms with Gasteiger partial charge in [0.1, 0.15) is 11.9 Å². The number of nitrogens with one attached hydrogen (secondary N) is 1. The van der Waals surface area contributed by atoms with Gasteiger partial charge < -0.3 is 10.2 Å². The highest BCUT2D eigenvalue weighted by atomic mass is 16.6. The number of nitro benzene ring substituents is 1. The van der Waals surface area contributed by atoms with Crippen LogP contribution in [0.1, 0.15) is 28.8 Å². The summed E-state index contributed by atoms with van der Waals surface area (Å²) in [6, 6.07) is 11.3. The molecule has 1 aromatic carbocycles. The lowest BCUT2D eigenvalue weighted by Gasteiger charge is -2.33. The number of carbonyl (C=O) groups excluding carboxylic acids is 1. The summed E-state index contributed by atoms with van der Waals surface area (Å²) in [4.78, 5) is 28.8. The first-order valence-corrected chi connectivity index (χ1v) is 8.71. The Morgan fingerprint density at radius 1 is 1.30 bits per heavy atom. The van der Waals surface area contributed by atoms with Crippen molar-refractivity contribution in [2.45, 2.75) is 12.8 Å². The topological polar surface area (TPSA) is 112 Å². The first-order chi connectivity index (χ1) is 13.1. The molecule has 1 fully saturated rings. The van der Waals surface area contributed by atoms with Crippen LogP contribution in [0.3, 0.4) is 0 Å². The minimum atomic E-state index is -0.491. The van der Waals surface area contributed by atoms with Gasteiger partial charge in [0, 0.05) is 43.5 Å². The molecule has 0 aliphatic carbocycles. The minimum Gasteiger partial charge on any atom is -0.356 e. The molecule has 1 amide bonds. The Morgan fingerprint density at radius 3 is 2.63 bits per heavy atom. The maximum Gasteiger partial charge on any atom is 0.269 e. The molecule has 138 valence electrons. The van der Waals surface area contributed by atoms with Crippen LogP contribution in [-0.4, -0.2) is 35.4 Å². The van der Waals surface area contributed by atoms with Gasteiger partial charge in [-0.05, 0) is 43.0 Å². The van der Waals surface area contributed by atoms with Crippen LogP contribution < -0.4 is 10.2 Å². The summed E-state index contributed by atoms with van der Waals surface area (Å²) < 4.78 is 0. The Bertz CT molecular complexity index is 868. The molecule has 0 saturated carbocycles. The van der Waals surface area contributed by atoms with Crippen molar-refractivity contribution in [3.05, 3.63) is 63.8 Å². The van der Waals surface area contributed by atoms with E-state index in [1.54, 1.807) is 18.3 Å². The van der Waals surface area contributed by atoms with E-state index in [0.717, 1.165) is 25.9 Å². The normalized spacial score (nSPS) is 14.4. The van der Waals surface area contributed by atoms with E-state index in [2.05, 4.69) is 21.3 Å². The van der Waals surface area contributed by atoms with E-state index in [1.807, 2.05) is 0 Å². The Kier molecular flexibility index (Phi) is 5.61. The zero-order chi connectivity index (χ0) is 19.2. The van der Waals surface area contributed by atoms with Gasteiger partial charge in [0.2, 0.25) is 0 Å². The number of hydrogen-bond donors (Lipinski definition) is 1. The molecular formula is C19H19N5O3. The van der Waals surface area contributed by atoms with E-state index in [4.69, 9.17) is 0 Å². The molecule has 1 aliphatic heterocycles. The zero-order valence-corrected chi connectivity index (χ0v) is 14.7. The van der Waals surface area contributed by atoms with E-state index in [-0.39, 0.29) is 11.6 Å². The van der Waals surface area contributed by atoms with Crippen molar-refractivity contribution >= 4 is 17.4 Å². The van der Waals surface area contributed by atoms with Gasteiger partial charge in [0.25, 0.3) is 11.6 Å². The minimum absolute atomic E-state index is 0.0369. The summed E-state index contributed by atoms with van der Waals surface area (Å²) in [5, 5.41) is 22.8. The van der Waals surface area contributed by atoms with E-state index < -0.39 is 4.92 Å². The SMILES string of the molecule is N#Cc1cccnc1N1CCC(CNC(=O)c2ccc([N+](=O)[O-])cc2)CC1. The van der Waals surface area contributed by atoms with Crippen LogP contribution in [0, 0.1) is 27.4 Å². The molecule has 2 aromatic rings. The van der Waals surface area contributed by atoms with Crippen molar-refractivity contribution in [1.82, 2.24) is 10.3 Å².